The Morgan fingerprint density at radius 3 is 2.54 bits per heavy atom. The van der Waals surface area contributed by atoms with Gasteiger partial charge in [-0.25, -0.2) is 0 Å². The van der Waals surface area contributed by atoms with Crippen molar-refractivity contribution in [1.82, 2.24) is 9.88 Å². The van der Waals surface area contributed by atoms with Gasteiger partial charge in [0.15, 0.2) is 11.5 Å². The molecule has 0 radical (unpaired) electrons. The number of ether oxygens (including phenoxy) is 2. The second-order valence-electron chi connectivity index (χ2n) is 6.40. The zero-order valence-corrected chi connectivity index (χ0v) is 14.4. The number of imide groups is 1. The van der Waals surface area contributed by atoms with Crippen molar-refractivity contribution in [3.63, 3.8) is 0 Å². The number of pyridine rings is 1. The molecule has 2 aromatic carbocycles. The summed E-state index contributed by atoms with van der Waals surface area (Å²) < 4.78 is 12.9. The van der Waals surface area contributed by atoms with Gasteiger partial charge in [0.1, 0.15) is 18.2 Å². The minimum atomic E-state index is -0.627. The maximum atomic E-state index is 12.6. The van der Waals surface area contributed by atoms with Crippen LogP contribution in [-0.4, -0.2) is 16.4 Å². The fourth-order valence-corrected chi connectivity index (χ4v) is 3.39. The third-order valence-electron chi connectivity index (χ3n) is 4.71. The van der Waals surface area contributed by atoms with Crippen molar-refractivity contribution in [1.29, 1.82) is 0 Å². The van der Waals surface area contributed by atoms with Crippen LogP contribution >= 0.6 is 0 Å². The molecule has 8 nitrogen and oxygen atoms in total. The van der Waals surface area contributed by atoms with Crippen LogP contribution in [0.1, 0.15) is 26.3 Å². The quantitative estimate of drug-likeness (QED) is 0.629. The van der Waals surface area contributed by atoms with Crippen LogP contribution in [0.25, 0.3) is 5.69 Å². The Kier molecular flexibility index (Phi) is 3.29. The fourth-order valence-electron chi connectivity index (χ4n) is 3.39. The molecule has 138 valence electrons. The van der Waals surface area contributed by atoms with Gasteiger partial charge in [-0.05, 0) is 30.3 Å². The maximum absolute atomic E-state index is 12.6. The van der Waals surface area contributed by atoms with E-state index in [1.165, 1.54) is 4.57 Å². The average Bonchev–Trinajstić information content (AvgIpc) is 2.85. The van der Waals surface area contributed by atoms with Gasteiger partial charge in [0.2, 0.25) is 0 Å². The highest BCUT2D eigenvalue weighted by molar-refractivity contribution is 6.23. The topological polar surface area (TPSA) is 113 Å². The summed E-state index contributed by atoms with van der Waals surface area (Å²) in [5.41, 5.74) is 6.70. The number of nitrogen functional groups attached to an aromatic ring is 1. The van der Waals surface area contributed by atoms with E-state index in [-0.39, 0.29) is 23.6 Å². The Balaban J connectivity index is 1.63. The van der Waals surface area contributed by atoms with Gasteiger partial charge >= 0.3 is 0 Å². The van der Waals surface area contributed by atoms with E-state index in [0.717, 1.165) is 6.07 Å². The van der Waals surface area contributed by atoms with Crippen molar-refractivity contribution in [2.24, 2.45) is 0 Å². The molecule has 1 aromatic heterocycles. The Hall–Kier alpha value is -4.07. The highest BCUT2D eigenvalue weighted by Gasteiger charge is 2.32. The molecule has 0 aliphatic carbocycles. The molecule has 2 aliphatic rings. The van der Waals surface area contributed by atoms with Crippen molar-refractivity contribution in [2.45, 2.75) is 6.61 Å². The van der Waals surface area contributed by atoms with Crippen LogP contribution in [0.3, 0.4) is 0 Å². The number of carbonyl (C=O) groups is 2. The molecule has 3 aromatic rings. The molecule has 0 saturated carbocycles. The van der Waals surface area contributed by atoms with Crippen molar-refractivity contribution in [2.75, 3.05) is 5.73 Å². The third-order valence-corrected chi connectivity index (χ3v) is 4.71. The maximum Gasteiger partial charge on any atom is 0.262 e. The van der Waals surface area contributed by atoms with Crippen molar-refractivity contribution in [3.05, 3.63) is 75.6 Å². The van der Waals surface area contributed by atoms with Crippen molar-refractivity contribution < 1.29 is 19.1 Å². The number of para-hydroxylation sites is 2. The summed E-state index contributed by atoms with van der Waals surface area (Å²) in [5.74, 6) is 0.461. The first-order valence-electron chi connectivity index (χ1n) is 8.47. The standard InChI is InChI=1S/C20H13N3O5/c21-18-17-12(19(25)22-20(17)26)8-16(24)23(18)11-5-6-13-10(7-11)9-27-14-3-1-2-4-15(14)28-13/h1-8H,9,21H2,(H,22,25,26). The summed E-state index contributed by atoms with van der Waals surface area (Å²) >= 11 is 0. The first-order chi connectivity index (χ1) is 13.5. The van der Waals surface area contributed by atoms with Gasteiger partial charge < -0.3 is 15.2 Å². The molecule has 3 heterocycles. The Labute approximate surface area is 158 Å². The first kappa shape index (κ1) is 16.1. The summed E-state index contributed by atoms with van der Waals surface area (Å²) in [6, 6.07) is 13.5. The number of fused-ring (bicyclic) bond motifs is 3. The molecule has 8 heteroatoms. The molecule has 0 bridgehead atoms. The molecular weight excluding hydrogens is 362 g/mol. The normalized spacial score (nSPS) is 14.1. The third kappa shape index (κ3) is 2.28. The molecule has 0 unspecified atom stereocenters. The van der Waals surface area contributed by atoms with Gasteiger partial charge in [0.25, 0.3) is 17.4 Å². The molecule has 0 fully saturated rings. The van der Waals surface area contributed by atoms with Crippen LogP contribution in [0.4, 0.5) is 5.82 Å². The van der Waals surface area contributed by atoms with Crippen LogP contribution in [0.15, 0.2) is 53.3 Å². The van der Waals surface area contributed by atoms with Crippen LogP contribution < -0.4 is 26.1 Å². The van der Waals surface area contributed by atoms with Gasteiger partial charge in [-0.2, -0.15) is 0 Å². The Bertz CT molecular complexity index is 1250. The number of hydrogen-bond acceptors (Lipinski definition) is 6. The van der Waals surface area contributed by atoms with Crippen molar-refractivity contribution in [3.8, 4) is 22.9 Å². The lowest BCUT2D eigenvalue weighted by Crippen LogP contribution is -2.24. The Morgan fingerprint density at radius 2 is 1.71 bits per heavy atom. The van der Waals surface area contributed by atoms with Crippen LogP contribution in [0.2, 0.25) is 0 Å². The second-order valence-corrected chi connectivity index (χ2v) is 6.40. The summed E-state index contributed by atoms with van der Waals surface area (Å²) in [7, 11) is 0. The minimum Gasteiger partial charge on any atom is -0.485 e. The lowest BCUT2D eigenvalue weighted by Gasteiger charge is -2.14. The zero-order chi connectivity index (χ0) is 19.4. The predicted molar refractivity (Wildman–Crippen MR) is 99.1 cm³/mol. The van der Waals surface area contributed by atoms with E-state index in [1.54, 1.807) is 30.3 Å². The summed E-state index contributed by atoms with van der Waals surface area (Å²) in [4.78, 5) is 36.4. The molecule has 3 N–H and O–H groups in total. The number of nitrogens with zero attached hydrogens (tertiary/aromatic N) is 1. The van der Waals surface area contributed by atoms with Gasteiger partial charge in [-0.3, -0.25) is 24.3 Å². The van der Waals surface area contributed by atoms with E-state index in [4.69, 9.17) is 15.2 Å². The highest BCUT2D eigenvalue weighted by Crippen LogP contribution is 2.38. The number of hydrogen-bond donors (Lipinski definition) is 2. The van der Waals surface area contributed by atoms with Gasteiger partial charge in [-0.1, -0.05) is 12.1 Å². The number of aromatic nitrogens is 1. The lowest BCUT2D eigenvalue weighted by molar-refractivity contribution is 0.0880. The number of nitrogens with two attached hydrogens (primary N) is 1. The first-order valence-corrected chi connectivity index (χ1v) is 8.47. The molecule has 0 spiro atoms. The minimum absolute atomic E-state index is 0.000511. The molecule has 2 aliphatic heterocycles. The smallest absolute Gasteiger partial charge is 0.262 e. The molecule has 28 heavy (non-hydrogen) atoms. The fraction of sp³-hybridized carbons (Fsp3) is 0.0500. The molecule has 2 amide bonds. The number of anilines is 1. The largest absolute Gasteiger partial charge is 0.485 e. The SMILES string of the molecule is Nc1c2c(cc(=O)n1-c1ccc3c(c1)COc1ccccc1O3)C(=O)NC2=O. The monoisotopic (exact) mass is 375 g/mol. The summed E-state index contributed by atoms with van der Waals surface area (Å²) in [6.07, 6.45) is 0. The molecule has 0 atom stereocenters. The summed E-state index contributed by atoms with van der Waals surface area (Å²) in [5, 5.41) is 2.15. The number of rotatable bonds is 1. The van der Waals surface area contributed by atoms with E-state index in [2.05, 4.69) is 5.32 Å². The van der Waals surface area contributed by atoms with Crippen molar-refractivity contribution >= 4 is 17.6 Å². The number of benzene rings is 2. The lowest BCUT2D eigenvalue weighted by atomic mass is 10.1. The van der Waals surface area contributed by atoms with Crippen LogP contribution in [0, 0.1) is 0 Å². The highest BCUT2D eigenvalue weighted by atomic mass is 16.5. The number of amides is 2. The Morgan fingerprint density at radius 1 is 0.929 bits per heavy atom. The van der Waals surface area contributed by atoms with Crippen LogP contribution in [0.5, 0.6) is 17.2 Å². The number of nitrogens with one attached hydrogen (secondary N) is 1. The van der Waals surface area contributed by atoms with E-state index in [9.17, 15) is 14.4 Å². The van der Waals surface area contributed by atoms with Gasteiger partial charge in [0.05, 0.1) is 16.8 Å². The molecule has 5 rings (SSSR count). The second kappa shape index (κ2) is 5.71. The summed E-state index contributed by atoms with van der Waals surface area (Å²) in [6.45, 7) is 0.235. The van der Waals surface area contributed by atoms with E-state index in [1.807, 2.05) is 12.1 Å². The molecular formula is C20H13N3O5. The van der Waals surface area contributed by atoms with E-state index in [0.29, 0.717) is 28.5 Å². The zero-order valence-electron chi connectivity index (χ0n) is 14.4. The van der Waals surface area contributed by atoms with E-state index < -0.39 is 17.4 Å². The average molecular weight is 375 g/mol. The van der Waals surface area contributed by atoms with Crippen LogP contribution in [-0.2, 0) is 6.61 Å². The number of carbonyl (C=O) groups excluding carboxylic acids is 2. The van der Waals surface area contributed by atoms with Gasteiger partial charge in [0, 0.05) is 11.6 Å². The van der Waals surface area contributed by atoms with E-state index >= 15 is 0 Å². The predicted octanol–water partition coefficient (Wildman–Crippen LogP) is 1.99. The van der Waals surface area contributed by atoms with Gasteiger partial charge in [-0.15, -0.1) is 0 Å². The molecule has 0 saturated heterocycles.